The van der Waals surface area contributed by atoms with Crippen LogP contribution in [0.3, 0.4) is 0 Å². The maximum atomic E-state index is 12.2. The molecule has 2 aromatic heterocycles. The van der Waals surface area contributed by atoms with Crippen molar-refractivity contribution >= 4 is 34.2 Å². The molecule has 0 bridgehead atoms. The first-order valence-electron chi connectivity index (χ1n) is 6.29. The normalized spacial score (nSPS) is 11.3. The monoisotopic (exact) mass is 339 g/mol. The Morgan fingerprint density at radius 3 is 2.27 bits per heavy atom. The van der Waals surface area contributed by atoms with E-state index in [0.717, 1.165) is 4.57 Å². The van der Waals surface area contributed by atoms with Gasteiger partial charge in [-0.15, -0.1) is 0 Å². The topological polar surface area (TPSA) is 80.0 Å². The summed E-state index contributed by atoms with van der Waals surface area (Å²) in [6.45, 7) is 0. The Labute approximate surface area is 134 Å². The number of nitrogens with one attached hydrogen (secondary N) is 1. The van der Waals surface area contributed by atoms with E-state index in [-0.39, 0.29) is 22.5 Å². The van der Waals surface area contributed by atoms with E-state index in [2.05, 4.69) is 4.98 Å². The summed E-state index contributed by atoms with van der Waals surface area (Å²) in [5, 5.41) is 11.1. The molecule has 0 fully saturated rings. The third-order valence-corrected chi connectivity index (χ3v) is 4.22. The van der Waals surface area contributed by atoms with E-state index in [9.17, 15) is 14.7 Å². The van der Waals surface area contributed by atoms with Gasteiger partial charge < -0.3 is 10.1 Å². The van der Waals surface area contributed by atoms with Gasteiger partial charge in [-0.3, -0.25) is 13.9 Å². The fourth-order valence-corrected chi connectivity index (χ4v) is 3.04. The minimum absolute atomic E-state index is 0.105. The Bertz CT molecular complexity index is 1010. The molecule has 0 unspecified atom stereocenters. The Morgan fingerprint density at radius 1 is 1.09 bits per heavy atom. The number of hydrogen-bond acceptors (Lipinski definition) is 3. The molecule has 0 amide bonds. The van der Waals surface area contributed by atoms with E-state index < -0.39 is 11.2 Å². The highest BCUT2D eigenvalue weighted by molar-refractivity contribution is 6.39. The lowest BCUT2D eigenvalue weighted by Gasteiger charge is -2.05. The van der Waals surface area contributed by atoms with Crippen molar-refractivity contribution in [3.8, 4) is 17.0 Å². The van der Waals surface area contributed by atoms with E-state index in [0.29, 0.717) is 15.6 Å². The smallest absolute Gasteiger partial charge is 0.331 e. The summed E-state index contributed by atoms with van der Waals surface area (Å²) in [5.74, 6) is -0.248. The van der Waals surface area contributed by atoms with Crippen molar-refractivity contribution in [3.63, 3.8) is 0 Å². The largest absolute Gasteiger partial charge is 0.504 e. The molecule has 0 aliphatic rings. The number of aromatic hydroxyl groups is 1. The molecular weight excluding hydrogens is 329 g/mol. The summed E-state index contributed by atoms with van der Waals surface area (Å²) in [6, 6.07) is 4.90. The van der Waals surface area contributed by atoms with Crippen LogP contribution in [0.15, 0.2) is 27.8 Å². The molecule has 3 aromatic rings. The third kappa shape index (κ3) is 1.88. The highest BCUT2D eigenvalue weighted by atomic mass is 35.5. The van der Waals surface area contributed by atoms with Crippen molar-refractivity contribution < 1.29 is 5.11 Å². The van der Waals surface area contributed by atoms with Crippen LogP contribution in [-0.2, 0) is 14.1 Å². The SMILES string of the molecule is Cn1c(=O)c2[nH]c(-c3c(Cl)cccc3Cl)c(O)c2n(C)c1=O. The lowest BCUT2D eigenvalue weighted by Crippen LogP contribution is -2.36. The lowest BCUT2D eigenvalue weighted by molar-refractivity contribution is 0.480. The molecular formula is C14H11Cl2N3O3. The number of aromatic nitrogens is 3. The number of H-pyrrole nitrogens is 1. The minimum Gasteiger partial charge on any atom is -0.504 e. The van der Waals surface area contributed by atoms with Crippen LogP contribution in [0.5, 0.6) is 5.75 Å². The van der Waals surface area contributed by atoms with Crippen molar-refractivity contribution in [1.82, 2.24) is 14.1 Å². The quantitative estimate of drug-likeness (QED) is 0.713. The summed E-state index contributed by atoms with van der Waals surface area (Å²) in [4.78, 5) is 27.0. The molecule has 0 atom stereocenters. The van der Waals surface area contributed by atoms with E-state index in [1.165, 1.54) is 18.7 Å². The number of aryl methyl sites for hydroxylation is 1. The van der Waals surface area contributed by atoms with Gasteiger partial charge in [-0.25, -0.2) is 4.79 Å². The molecule has 2 N–H and O–H groups in total. The van der Waals surface area contributed by atoms with Crippen LogP contribution in [-0.4, -0.2) is 19.2 Å². The second-order valence-corrected chi connectivity index (χ2v) is 5.69. The van der Waals surface area contributed by atoms with Crippen LogP contribution in [0.2, 0.25) is 10.0 Å². The van der Waals surface area contributed by atoms with Crippen LogP contribution in [0.1, 0.15) is 0 Å². The first kappa shape index (κ1) is 14.7. The summed E-state index contributed by atoms with van der Waals surface area (Å²) < 4.78 is 2.15. The van der Waals surface area contributed by atoms with Crippen molar-refractivity contribution in [2.24, 2.45) is 14.1 Å². The summed E-state index contributed by atoms with van der Waals surface area (Å²) in [7, 11) is 2.83. The van der Waals surface area contributed by atoms with Gasteiger partial charge in [0.1, 0.15) is 11.0 Å². The molecule has 0 aliphatic heterocycles. The maximum Gasteiger partial charge on any atom is 0.331 e. The molecule has 1 aromatic carbocycles. The zero-order valence-corrected chi connectivity index (χ0v) is 13.2. The maximum absolute atomic E-state index is 12.2. The van der Waals surface area contributed by atoms with Gasteiger partial charge in [0.15, 0.2) is 5.75 Å². The number of nitrogens with zero attached hydrogens (tertiary/aromatic N) is 2. The number of fused-ring (bicyclic) bond motifs is 1. The number of benzene rings is 1. The van der Waals surface area contributed by atoms with Crippen molar-refractivity contribution in [2.75, 3.05) is 0 Å². The fraction of sp³-hybridized carbons (Fsp3) is 0.143. The van der Waals surface area contributed by atoms with Crippen LogP contribution in [0.25, 0.3) is 22.3 Å². The molecule has 0 saturated heterocycles. The average molecular weight is 340 g/mol. The van der Waals surface area contributed by atoms with Gasteiger partial charge in [0, 0.05) is 19.7 Å². The van der Waals surface area contributed by atoms with Crippen molar-refractivity contribution in [2.45, 2.75) is 0 Å². The van der Waals surface area contributed by atoms with Gasteiger partial charge >= 0.3 is 5.69 Å². The van der Waals surface area contributed by atoms with Crippen molar-refractivity contribution in [1.29, 1.82) is 0 Å². The molecule has 0 saturated carbocycles. The second kappa shape index (κ2) is 4.93. The molecule has 0 aliphatic carbocycles. The fourth-order valence-electron chi connectivity index (χ4n) is 2.45. The van der Waals surface area contributed by atoms with Crippen LogP contribution < -0.4 is 11.2 Å². The van der Waals surface area contributed by atoms with Gasteiger partial charge in [0.05, 0.1) is 15.7 Å². The average Bonchev–Trinajstić information content (AvgIpc) is 2.81. The van der Waals surface area contributed by atoms with Crippen LogP contribution in [0, 0.1) is 0 Å². The predicted molar refractivity (Wildman–Crippen MR) is 85.9 cm³/mol. The van der Waals surface area contributed by atoms with E-state index in [1.54, 1.807) is 18.2 Å². The van der Waals surface area contributed by atoms with Gasteiger partial charge in [-0.1, -0.05) is 29.3 Å². The Morgan fingerprint density at radius 2 is 1.68 bits per heavy atom. The Hall–Kier alpha value is -2.18. The second-order valence-electron chi connectivity index (χ2n) is 4.87. The zero-order chi connectivity index (χ0) is 16.2. The molecule has 2 heterocycles. The summed E-state index contributed by atoms with van der Waals surface area (Å²) in [5.41, 5.74) is -0.295. The third-order valence-electron chi connectivity index (χ3n) is 3.59. The Balaban J connectivity index is 2.52. The van der Waals surface area contributed by atoms with Gasteiger partial charge in [0.25, 0.3) is 5.56 Å². The predicted octanol–water partition coefficient (Wildman–Crippen LogP) is 2.24. The standard InChI is InChI=1S/C14H11Cl2N3O3/c1-18-11-10(13(21)19(2)14(18)22)17-9(12(11)20)8-6(15)4-3-5-7(8)16/h3-5,17,20H,1-2H3. The summed E-state index contributed by atoms with van der Waals surface area (Å²) in [6.07, 6.45) is 0. The minimum atomic E-state index is -0.539. The van der Waals surface area contributed by atoms with E-state index in [1.807, 2.05) is 0 Å². The summed E-state index contributed by atoms with van der Waals surface area (Å²) >= 11 is 12.3. The van der Waals surface area contributed by atoms with Gasteiger partial charge in [-0.2, -0.15) is 0 Å². The molecule has 3 rings (SSSR count). The van der Waals surface area contributed by atoms with E-state index in [4.69, 9.17) is 23.2 Å². The van der Waals surface area contributed by atoms with Crippen molar-refractivity contribution in [3.05, 3.63) is 49.1 Å². The van der Waals surface area contributed by atoms with Crippen LogP contribution >= 0.6 is 23.2 Å². The number of rotatable bonds is 1. The van der Waals surface area contributed by atoms with Gasteiger partial charge in [0.2, 0.25) is 0 Å². The highest BCUT2D eigenvalue weighted by Gasteiger charge is 2.22. The van der Waals surface area contributed by atoms with Crippen LogP contribution in [0.4, 0.5) is 0 Å². The zero-order valence-electron chi connectivity index (χ0n) is 11.6. The van der Waals surface area contributed by atoms with E-state index >= 15 is 0 Å². The van der Waals surface area contributed by atoms with Gasteiger partial charge in [-0.05, 0) is 12.1 Å². The molecule has 8 heteroatoms. The number of hydrogen-bond donors (Lipinski definition) is 2. The molecule has 22 heavy (non-hydrogen) atoms. The number of aromatic amines is 1. The lowest BCUT2D eigenvalue weighted by atomic mass is 10.1. The molecule has 0 spiro atoms. The Kier molecular flexibility index (Phi) is 3.30. The molecule has 0 radical (unpaired) electrons. The molecule has 6 nitrogen and oxygen atoms in total. The first-order chi connectivity index (χ1) is 10.3. The highest BCUT2D eigenvalue weighted by Crippen LogP contribution is 2.41. The molecule has 114 valence electrons. The number of halogens is 2. The first-order valence-corrected chi connectivity index (χ1v) is 7.05.